The molecule has 1 atom stereocenters. The van der Waals surface area contributed by atoms with Gasteiger partial charge in [0.15, 0.2) is 0 Å². The highest BCUT2D eigenvalue weighted by Crippen LogP contribution is 2.34. The third kappa shape index (κ3) is 2.85. The first-order valence-electron chi connectivity index (χ1n) is 6.17. The Bertz CT molecular complexity index is 533. The Morgan fingerprint density at radius 1 is 1.28 bits per heavy atom. The van der Waals surface area contributed by atoms with Crippen molar-refractivity contribution in [3.8, 4) is 0 Å². The molecule has 3 heteroatoms. The van der Waals surface area contributed by atoms with Gasteiger partial charge in [0.25, 0.3) is 0 Å². The van der Waals surface area contributed by atoms with Crippen molar-refractivity contribution >= 4 is 27.3 Å². The molecule has 0 radical (unpaired) electrons. The summed E-state index contributed by atoms with van der Waals surface area (Å²) in [5.41, 5.74) is 4.03. The van der Waals surface area contributed by atoms with E-state index in [1.54, 1.807) is 11.3 Å². The lowest BCUT2D eigenvalue weighted by Crippen LogP contribution is -2.22. The zero-order valence-electron chi connectivity index (χ0n) is 11.0. The number of hydrogen-bond acceptors (Lipinski definition) is 2. The minimum absolute atomic E-state index is 0.282. The van der Waals surface area contributed by atoms with Crippen molar-refractivity contribution in [1.82, 2.24) is 5.32 Å². The zero-order valence-corrected chi connectivity index (χ0v) is 13.4. The van der Waals surface area contributed by atoms with Gasteiger partial charge in [0.1, 0.15) is 0 Å². The second-order valence-corrected chi connectivity index (χ2v) is 6.29. The SMILES string of the molecule is CCNC(c1ccc(C)cc1C)c1sccc1Br. The highest BCUT2D eigenvalue weighted by atomic mass is 79.9. The van der Waals surface area contributed by atoms with Crippen molar-refractivity contribution < 1.29 is 0 Å². The number of aryl methyl sites for hydroxylation is 2. The van der Waals surface area contributed by atoms with Gasteiger partial charge in [0.05, 0.1) is 6.04 Å². The lowest BCUT2D eigenvalue weighted by molar-refractivity contribution is 0.635. The Morgan fingerprint density at radius 2 is 2.06 bits per heavy atom. The van der Waals surface area contributed by atoms with Crippen molar-refractivity contribution in [3.63, 3.8) is 0 Å². The molecule has 96 valence electrons. The molecule has 0 amide bonds. The summed E-state index contributed by atoms with van der Waals surface area (Å²) < 4.78 is 1.19. The van der Waals surface area contributed by atoms with E-state index in [-0.39, 0.29) is 6.04 Å². The number of benzene rings is 1. The smallest absolute Gasteiger partial charge is 0.0684 e. The monoisotopic (exact) mass is 323 g/mol. The summed E-state index contributed by atoms with van der Waals surface area (Å²) in [5, 5.41) is 5.72. The maximum absolute atomic E-state index is 3.64. The molecule has 0 aliphatic carbocycles. The first kappa shape index (κ1) is 13.8. The fraction of sp³-hybridized carbons (Fsp3) is 0.333. The molecule has 18 heavy (non-hydrogen) atoms. The lowest BCUT2D eigenvalue weighted by Gasteiger charge is -2.20. The van der Waals surface area contributed by atoms with E-state index in [1.807, 2.05) is 0 Å². The molecule has 1 nitrogen and oxygen atoms in total. The summed E-state index contributed by atoms with van der Waals surface area (Å²) in [6, 6.07) is 9.08. The van der Waals surface area contributed by atoms with Crippen LogP contribution in [0.3, 0.4) is 0 Å². The van der Waals surface area contributed by atoms with Crippen LogP contribution >= 0.6 is 27.3 Å². The van der Waals surface area contributed by atoms with Crippen LogP contribution in [0.4, 0.5) is 0 Å². The standard InChI is InChI=1S/C15H18BrNS/c1-4-17-14(15-13(16)7-8-18-15)12-6-5-10(2)9-11(12)3/h5-9,14,17H,4H2,1-3H3. The summed E-state index contributed by atoms with van der Waals surface area (Å²) in [6.07, 6.45) is 0. The number of nitrogens with one attached hydrogen (secondary N) is 1. The quantitative estimate of drug-likeness (QED) is 0.850. The Balaban J connectivity index is 2.45. The first-order chi connectivity index (χ1) is 8.63. The fourth-order valence-electron chi connectivity index (χ4n) is 2.21. The zero-order chi connectivity index (χ0) is 13.1. The molecular formula is C15H18BrNS. The molecular weight excluding hydrogens is 306 g/mol. The van der Waals surface area contributed by atoms with Crippen molar-refractivity contribution in [2.75, 3.05) is 6.54 Å². The molecule has 0 bridgehead atoms. The summed E-state index contributed by atoms with van der Waals surface area (Å²) >= 11 is 5.44. The molecule has 1 aromatic heterocycles. The molecule has 0 fully saturated rings. The van der Waals surface area contributed by atoms with Gasteiger partial charge in [-0.15, -0.1) is 11.3 Å². The highest BCUT2D eigenvalue weighted by Gasteiger charge is 2.18. The molecule has 2 rings (SSSR count). The lowest BCUT2D eigenvalue weighted by atomic mass is 9.98. The Labute approximate surface area is 121 Å². The second-order valence-electron chi connectivity index (χ2n) is 4.48. The normalized spacial score (nSPS) is 12.7. The number of thiophene rings is 1. The Hall–Kier alpha value is -0.640. The van der Waals surface area contributed by atoms with Crippen molar-refractivity contribution in [2.45, 2.75) is 26.8 Å². The van der Waals surface area contributed by atoms with Gasteiger partial charge >= 0.3 is 0 Å². The van der Waals surface area contributed by atoms with Crippen LogP contribution in [-0.4, -0.2) is 6.54 Å². The maximum Gasteiger partial charge on any atom is 0.0684 e. The van der Waals surface area contributed by atoms with Crippen molar-refractivity contribution in [3.05, 3.63) is 55.7 Å². The van der Waals surface area contributed by atoms with Crippen LogP contribution in [0.25, 0.3) is 0 Å². The molecule has 0 aliphatic rings. The third-order valence-electron chi connectivity index (χ3n) is 3.05. The number of rotatable bonds is 4. The minimum Gasteiger partial charge on any atom is -0.306 e. The summed E-state index contributed by atoms with van der Waals surface area (Å²) in [5.74, 6) is 0. The maximum atomic E-state index is 3.64. The molecule has 0 spiro atoms. The predicted octanol–water partition coefficient (Wildman–Crippen LogP) is 4.83. The van der Waals surface area contributed by atoms with Crippen LogP contribution in [0.15, 0.2) is 34.1 Å². The van der Waals surface area contributed by atoms with Crippen LogP contribution in [0.5, 0.6) is 0 Å². The van der Waals surface area contributed by atoms with Crippen LogP contribution in [0, 0.1) is 13.8 Å². The van der Waals surface area contributed by atoms with Crippen LogP contribution in [0.1, 0.15) is 34.5 Å². The van der Waals surface area contributed by atoms with Crippen LogP contribution in [-0.2, 0) is 0 Å². The topological polar surface area (TPSA) is 12.0 Å². The largest absolute Gasteiger partial charge is 0.306 e. The minimum atomic E-state index is 0.282. The molecule has 0 saturated carbocycles. The summed E-state index contributed by atoms with van der Waals surface area (Å²) in [4.78, 5) is 1.35. The third-order valence-corrected chi connectivity index (χ3v) is 4.99. The van der Waals surface area contributed by atoms with Crippen LogP contribution < -0.4 is 5.32 Å². The van der Waals surface area contributed by atoms with Gasteiger partial charge in [-0.2, -0.15) is 0 Å². The fourth-order valence-corrected chi connectivity index (χ4v) is 3.90. The van der Waals surface area contributed by atoms with Gasteiger partial charge in [-0.25, -0.2) is 0 Å². The molecule has 1 aromatic carbocycles. The second kappa shape index (κ2) is 6.00. The van der Waals surface area contributed by atoms with E-state index < -0.39 is 0 Å². The predicted molar refractivity (Wildman–Crippen MR) is 83.5 cm³/mol. The summed E-state index contributed by atoms with van der Waals surface area (Å²) in [7, 11) is 0. The number of hydrogen-bond donors (Lipinski definition) is 1. The van der Waals surface area contributed by atoms with E-state index in [0.717, 1.165) is 6.54 Å². The Morgan fingerprint density at radius 3 is 2.61 bits per heavy atom. The first-order valence-corrected chi connectivity index (χ1v) is 7.84. The summed E-state index contributed by atoms with van der Waals surface area (Å²) in [6.45, 7) is 7.44. The van der Waals surface area contributed by atoms with Gasteiger partial charge in [-0.05, 0) is 58.9 Å². The molecule has 2 aromatic rings. The van der Waals surface area contributed by atoms with E-state index in [1.165, 1.54) is 26.0 Å². The van der Waals surface area contributed by atoms with Gasteiger partial charge in [0.2, 0.25) is 0 Å². The number of halogens is 1. The van der Waals surface area contributed by atoms with Crippen LogP contribution in [0.2, 0.25) is 0 Å². The van der Waals surface area contributed by atoms with Gasteiger partial charge in [0, 0.05) is 9.35 Å². The van der Waals surface area contributed by atoms with Gasteiger partial charge in [-0.3, -0.25) is 0 Å². The van der Waals surface area contributed by atoms with E-state index in [2.05, 4.69) is 71.7 Å². The van der Waals surface area contributed by atoms with E-state index >= 15 is 0 Å². The molecule has 1 heterocycles. The molecule has 1 N–H and O–H groups in total. The molecule has 1 unspecified atom stereocenters. The van der Waals surface area contributed by atoms with E-state index in [9.17, 15) is 0 Å². The van der Waals surface area contributed by atoms with E-state index in [4.69, 9.17) is 0 Å². The van der Waals surface area contributed by atoms with Crippen molar-refractivity contribution in [1.29, 1.82) is 0 Å². The van der Waals surface area contributed by atoms with Crippen molar-refractivity contribution in [2.24, 2.45) is 0 Å². The molecule has 0 aliphatic heterocycles. The Kier molecular flexibility index (Phi) is 4.60. The van der Waals surface area contributed by atoms with E-state index in [0.29, 0.717) is 0 Å². The average molecular weight is 324 g/mol. The highest BCUT2D eigenvalue weighted by molar-refractivity contribution is 9.10. The molecule has 0 saturated heterocycles. The van der Waals surface area contributed by atoms with Gasteiger partial charge in [-0.1, -0.05) is 30.7 Å². The van der Waals surface area contributed by atoms with Gasteiger partial charge < -0.3 is 5.32 Å². The average Bonchev–Trinajstić information content (AvgIpc) is 2.73.